The molecule has 0 aliphatic heterocycles. The Labute approximate surface area is 133 Å². The van der Waals surface area contributed by atoms with Gasteiger partial charge < -0.3 is 15.7 Å². The van der Waals surface area contributed by atoms with E-state index in [1.54, 1.807) is 14.0 Å². The summed E-state index contributed by atoms with van der Waals surface area (Å²) >= 11 is 0. The Kier molecular flexibility index (Phi) is 6.05. The zero-order chi connectivity index (χ0) is 17.7. The summed E-state index contributed by atoms with van der Waals surface area (Å²) in [7, 11) is 1.54. The van der Waals surface area contributed by atoms with E-state index in [1.807, 2.05) is 0 Å². The van der Waals surface area contributed by atoms with E-state index < -0.39 is 28.8 Å². The van der Waals surface area contributed by atoms with Crippen LogP contribution in [0.4, 0.5) is 11.5 Å². The number of aromatic nitrogens is 2. The molecule has 2 atom stereocenters. The molecule has 23 heavy (non-hydrogen) atoms. The van der Waals surface area contributed by atoms with Crippen LogP contribution >= 0.6 is 0 Å². The van der Waals surface area contributed by atoms with Gasteiger partial charge in [0.2, 0.25) is 11.7 Å². The van der Waals surface area contributed by atoms with Gasteiger partial charge in [0.15, 0.2) is 0 Å². The number of carbonyl (C=O) groups excluding carboxylic acids is 1. The van der Waals surface area contributed by atoms with Gasteiger partial charge in [0.25, 0.3) is 0 Å². The maximum Gasteiger partial charge on any atom is 0.333 e. The quantitative estimate of drug-likeness (QED) is 0.471. The lowest BCUT2D eigenvalue weighted by Crippen LogP contribution is -2.42. The molecule has 3 N–H and O–H groups in total. The fourth-order valence-corrected chi connectivity index (χ4v) is 2.01. The number of carboxylic acid groups (broad SMARTS) is 1. The Morgan fingerprint density at radius 1 is 1.48 bits per heavy atom. The van der Waals surface area contributed by atoms with Crippen LogP contribution in [0.3, 0.4) is 0 Å². The van der Waals surface area contributed by atoms with Crippen molar-refractivity contribution < 1.29 is 19.6 Å². The Balaban J connectivity index is 2.86. The minimum Gasteiger partial charge on any atom is -0.481 e. The standard InChI is InChI=1S/C13H21N5O5/c1-5-9(12(19)14-6-7(2)13(20)21)15-11-10(18(22)23)8(3)16-17(11)4/h7,9,15H,5-6H2,1-4H3,(H,14,19)(H,20,21)/t7-,9-/m1/s1. The highest BCUT2D eigenvalue weighted by atomic mass is 16.6. The van der Waals surface area contributed by atoms with E-state index in [-0.39, 0.29) is 23.7 Å². The summed E-state index contributed by atoms with van der Waals surface area (Å²) < 4.78 is 1.31. The average molecular weight is 327 g/mol. The van der Waals surface area contributed by atoms with E-state index in [9.17, 15) is 19.7 Å². The van der Waals surface area contributed by atoms with E-state index in [0.717, 1.165) is 0 Å². The number of hydrogen-bond donors (Lipinski definition) is 3. The molecule has 1 heterocycles. The van der Waals surface area contributed by atoms with Crippen molar-refractivity contribution in [3.8, 4) is 0 Å². The van der Waals surface area contributed by atoms with Crippen molar-refractivity contribution in [2.45, 2.75) is 33.2 Å². The number of nitrogens with zero attached hydrogens (tertiary/aromatic N) is 3. The fraction of sp³-hybridized carbons (Fsp3) is 0.615. The summed E-state index contributed by atoms with van der Waals surface area (Å²) in [5.41, 5.74) is 0.0624. The van der Waals surface area contributed by atoms with Crippen molar-refractivity contribution >= 4 is 23.4 Å². The number of aryl methyl sites for hydroxylation is 2. The second kappa shape index (κ2) is 7.56. The molecule has 10 heteroatoms. The topological polar surface area (TPSA) is 139 Å². The lowest BCUT2D eigenvalue weighted by atomic mass is 10.1. The Morgan fingerprint density at radius 2 is 2.09 bits per heavy atom. The number of carboxylic acids is 1. The Hall–Kier alpha value is -2.65. The summed E-state index contributed by atoms with van der Waals surface area (Å²) in [6, 6.07) is -0.732. The van der Waals surface area contributed by atoms with Gasteiger partial charge in [0.1, 0.15) is 11.7 Å². The van der Waals surface area contributed by atoms with Gasteiger partial charge in [-0.2, -0.15) is 5.10 Å². The number of nitrogens with one attached hydrogen (secondary N) is 2. The molecule has 0 aliphatic rings. The van der Waals surface area contributed by atoms with Crippen LogP contribution in [0.25, 0.3) is 0 Å². The molecule has 0 aromatic carbocycles. The third-order valence-electron chi connectivity index (χ3n) is 3.41. The lowest BCUT2D eigenvalue weighted by Gasteiger charge is -2.18. The van der Waals surface area contributed by atoms with Crippen LogP contribution in [0.1, 0.15) is 26.0 Å². The number of carbonyl (C=O) groups is 2. The number of rotatable bonds is 8. The van der Waals surface area contributed by atoms with Crippen LogP contribution < -0.4 is 10.6 Å². The predicted octanol–water partition coefficient (Wildman–Crippen LogP) is 0.664. The van der Waals surface area contributed by atoms with Crippen LogP contribution in [0.5, 0.6) is 0 Å². The van der Waals surface area contributed by atoms with Crippen LogP contribution in [0.2, 0.25) is 0 Å². The normalized spacial score (nSPS) is 13.2. The molecule has 1 rings (SSSR count). The van der Waals surface area contributed by atoms with Gasteiger partial charge in [-0.25, -0.2) is 4.68 Å². The molecule has 0 bridgehead atoms. The van der Waals surface area contributed by atoms with Gasteiger partial charge in [0.05, 0.1) is 10.8 Å². The average Bonchev–Trinajstić information content (AvgIpc) is 2.75. The highest BCUT2D eigenvalue weighted by Crippen LogP contribution is 2.28. The molecule has 0 fully saturated rings. The molecule has 1 aromatic heterocycles. The van der Waals surface area contributed by atoms with Crippen LogP contribution in [0, 0.1) is 23.0 Å². The second-order valence-electron chi connectivity index (χ2n) is 5.25. The largest absolute Gasteiger partial charge is 0.481 e. The Morgan fingerprint density at radius 3 is 2.57 bits per heavy atom. The third kappa shape index (κ3) is 4.41. The van der Waals surface area contributed by atoms with Crippen LogP contribution in [0.15, 0.2) is 0 Å². The molecule has 0 aliphatic carbocycles. The molecule has 128 valence electrons. The number of nitro groups is 1. The van der Waals surface area contributed by atoms with Gasteiger partial charge >= 0.3 is 11.7 Å². The van der Waals surface area contributed by atoms with E-state index in [0.29, 0.717) is 6.42 Å². The molecular weight excluding hydrogens is 306 g/mol. The van der Waals surface area contributed by atoms with Gasteiger partial charge in [-0.1, -0.05) is 13.8 Å². The van der Waals surface area contributed by atoms with Crippen molar-refractivity contribution in [3.05, 3.63) is 15.8 Å². The number of anilines is 1. The predicted molar refractivity (Wildman–Crippen MR) is 82.1 cm³/mol. The first kappa shape index (κ1) is 18.4. The zero-order valence-electron chi connectivity index (χ0n) is 13.5. The molecule has 0 spiro atoms. The highest BCUT2D eigenvalue weighted by Gasteiger charge is 2.28. The first-order chi connectivity index (χ1) is 10.7. The highest BCUT2D eigenvalue weighted by molar-refractivity contribution is 5.85. The third-order valence-corrected chi connectivity index (χ3v) is 3.41. The van der Waals surface area contributed by atoms with E-state index in [4.69, 9.17) is 5.11 Å². The summed E-state index contributed by atoms with van der Waals surface area (Å²) in [6.45, 7) is 4.72. The van der Waals surface area contributed by atoms with Crippen molar-refractivity contribution in [2.75, 3.05) is 11.9 Å². The minimum atomic E-state index is -1.01. The summed E-state index contributed by atoms with van der Waals surface area (Å²) in [5.74, 6) is -2.01. The van der Waals surface area contributed by atoms with Crippen molar-refractivity contribution in [2.24, 2.45) is 13.0 Å². The van der Waals surface area contributed by atoms with Crippen molar-refractivity contribution in [1.29, 1.82) is 0 Å². The summed E-state index contributed by atoms with van der Waals surface area (Å²) in [6.07, 6.45) is 0.370. The van der Waals surface area contributed by atoms with Crippen LogP contribution in [-0.2, 0) is 16.6 Å². The molecule has 0 saturated heterocycles. The molecule has 1 aromatic rings. The SMILES string of the molecule is CC[C@@H](Nc1c([N+](=O)[O-])c(C)nn1C)C(=O)NC[C@@H](C)C(=O)O. The molecule has 1 amide bonds. The van der Waals surface area contributed by atoms with Crippen LogP contribution in [-0.4, -0.2) is 44.3 Å². The van der Waals surface area contributed by atoms with Gasteiger partial charge in [-0.3, -0.25) is 19.7 Å². The molecular formula is C13H21N5O5. The zero-order valence-corrected chi connectivity index (χ0v) is 13.5. The lowest BCUT2D eigenvalue weighted by molar-refractivity contribution is -0.384. The smallest absolute Gasteiger partial charge is 0.333 e. The minimum absolute atomic E-state index is 0.0150. The van der Waals surface area contributed by atoms with Crippen molar-refractivity contribution in [3.63, 3.8) is 0 Å². The maximum atomic E-state index is 12.1. The maximum absolute atomic E-state index is 12.1. The molecule has 0 radical (unpaired) electrons. The Bertz CT molecular complexity index is 612. The molecule has 0 unspecified atom stereocenters. The first-order valence-electron chi connectivity index (χ1n) is 7.14. The van der Waals surface area contributed by atoms with E-state index in [2.05, 4.69) is 15.7 Å². The second-order valence-corrected chi connectivity index (χ2v) is 5.25. The molecule has 0 saturated carbocycles. The molecule has 10 nitrogen and oxygen atoms in total. The summed E-state index contributed by atoms with van der Waals surface area (Å²) in [4.78, 5) is 33.5. The van der Waals surface area contributed by atoms with Crippen molar-refractivity contribution in [1.82, 2.24) is 15.1 Å². The first-order valence-corrected chi connectivity index (χ1v) is 7.14. The van der Waals surface area contributed by atoms with E-state index in [1.165, 1.54) is 18.5 Å². The summed E-state index contributed by atoms with van der Waals surface area (Å²) in [5, 5.41) is 29.3. The number of aliphatic carboxylic acids is 1. The van der Waals surface area contributed by atoms with E-state index >= 15 is 0 Å². The number of amides is 1. The number of hydrogen-bond acceptors (Lipinski definition) is 6. The monoisotopic (exact) mass is 327 g/mol. The fourth-order valence-electron chi connectivity index (χ4n) is 2.01. The van der Waals surface area contributed by atoms with Gasteiger partial charge in [0, 0.05) is 13.6 Å². The van der Waals surface area contributed by atoms with Gasteiger partial charge in [-0.05, 0) is 13.3 Å². The van der Waals surface area contributed by atoms with Gasteiger partial charge in [-0.15, -0.1) is 0 Å².